The number of rotatable bonds is 6. The molecule has 1 aromatic heterocycles. The molecule has 0 bridgehead atoms. The Kier molecular flexibility index (Phi) is 12.8. The number of carboxylic acid groups (broad SMARTS) is 2. The number of alkyl halides is 6. The molecule has 0 radical (unpaired) electrons. The lowest BCUT2D eigenvalue weighted by Gasteiger charge is -2.42. The summed E-state index contributed by atoms with van der Waals surface area (Å²) in [5.41, 5.74) is 2.87. The Hall–Kier alpha value is -2.39. The molecule has 15 heteroatoms. The van der Waals surface area contributed by atoms with E-state index in [2.05, 4.69) is 33.7 Å². The van der Waals surface area contributed by atoms with Crippen LogP contribution in [0.15, 0.2) is 6.20 Å². The first kappa shape index (κ1) is 32.6. The molecule has 214 valence electrons. The average molecular weight is 549 g/mol. The molecule has 4 N–H and O–H groups in total. The summed E-state index contributed by atoms with van der Waals surface area (Å²) in [6, 6.07) is 0. The molecular formula is C22H34F6N4O5. The van der Waals surface area contributed by atoms with Gasteiger partial charge < -0.3 is 25.2 Å². The number of carbonyl (C=O) groups is 2. The van der Waals surface area contributed by atoms with Crippen LogP contribution in [-0.4, -0.2) is 89.0 Å². The molecule has 1 aromatic rings. The number of likely N-dealkylation sites (N-methyl/N-ethyl adjacent to an activating group) is 2. The summed E-state index contributed by atoms with van der Waals surface area (Å²) in [6.07, 6.45) is 0.629. The second-order valence-corrected chi connectivity index (χ2v) is 9.01. The Morgan fingerprint density at radius 2 is 1.65 bits per heavy atom. The third kappa shape index (κ3) is 11.7. The minimum atomic E-state index is -5.08. The minimum absolute atomic E-state index is 0.203. The van der Waals surface area contributed by atoms with Gasteiger partial charge in [-0.05, 0) is 59.0 Å². The minimum Gasteiger partial charge on any atom is -0.475 e. The van der Waals surface area contributed by atoms with E-state index in [0.717, 1.165) is 26.2 Å². The van der Waals surface area contributed by atoms with Gasteiger partial charge in [-0.25, -0.2) is 9.59 Å². The molecule has 0 aromatic carbocycles. The Balaban J connectivity index is 0.000000404. The van der Waals surface area contributed by atoms with E-state index in [-0.39, 0.29) is 5.60 Å². The molecule has 1 aliphatic heterocycles. The van der Waals surface area contributed by atoms with Crippen molar-refractivity contribution >= 4 is 11.9 Å². The van der Waals surface area contributed by atoms with Gasteiger partial charge in [-0.3, -0.25) is 5.10 Å². The van der Waals surface area contributed by atoms with E-state index in [1.165, 1.54) is 56.2 Å². The van der Waals surface area contributed by atoms with Gasteiger partial charge >= 0.3 is 24.3 Å². The number of hydrogen-bond donors (Lipinski definition) is 4. The molecule has 2 aliphatic rings. The maximum Gasteiger partial charge on any atom is 0.490 e. The van der Waals surface area contributed by atoms with Gasteiger partial charge in [-0.15, -0.1) is 0 Å². The van der Waals surface area contributed by atoms with Crippen LogP contribution in [0.25, 0.3) is 0 Å². The van der Waals surface area contributed by atoms with E-state index < -0.39 is 24.3 Å². The number of H-pyrrole nitrogens is 1. The van der Waals surface area contributed by atoms with Crippen LogP contribution in [0, 0.1) is 0 Å². The fourth-order valence-electron chi connectivity index (χ4n) is 4.20. The predicted molar refractivity (Wildman–Crippen MR) is 120 cm³/mol. The Bertz CT molecular complexity index is 806. The SMILES string of the molecule is CNCCN(C)Cc1c[nH]nc1[C@H]1CC[C@@]2(CCCCO2)CC1.O=C(O)C(F)(F)F.O=C(O)C(F)(F)F. The highest BCUT2D eigenvalue weighted by Crippen LogP contribution is 2.44. The first-order valence-electron chi connectivity index (χ1n) is 11.7. The van der Waals surface area contributed by atoms with Crippen LogP contribution >= 0.6 is 0 Å². The molecule has 2 fully saturated rings. The van der Waals surface area contributed by atoms with Crippen molar-refractivity contribution in [1.82, 2.24) is 20.4 Å². The number of ether oxygens (including phenoxy) is 1. The van der Waals surface area contributed by atoms with Gasteiger partial charge in [0.1, 0.15) is 0 Å². The lowest BCUT2D eigenvalue weighted by molar-refractivity contribution is -0.193. The van der Waals surface area contributed by atoms with Crippen molar-refractivity contribution in [2.75, 3.05) is 33.8 Å². The topological polar surface area (TPSA) is 128 Å². The fourth-order valence-corrected chi connectivity index (χ4v) is 4.20. The maximum absolute atomic E-state index is 10.6. The Labute approximate surface area is 210 Å². The third-order valence-electron chi connectivity index (χ3n) is 6.14. The van der Waals surface area contributed by atoms with Crippen molar-refractivity contribution in [3.63, 3.8) is 0 Å². The lowest BCUT2D eigenvalue weighted by atomic mass is 9.74. The summed E-state index contributed by atoms with van der Waals surface area (Å²) >= 11 is 0. The summed E-state index contributed by atoms with van der Waals surface area (Å²) in [5, 5.41) is 25.2. The van der Waals surface area contributed by atoms with Gasteiger partial charge in [-0.2, -0.15) is 31.4 Å². The smallest absolute Gasteiger partial charge is 0.475 e. The molecule has 2 heterocycles. The predicted octanol–water partition coefficient (Wildman–Crippen LogP) is 3.92. The first-order chi connectivity index (χ1) is 17.1. The van der Waals surface area contributed by atoms with Crippen LogP contribution in [0.2, 0.25) is 0 Å². The first-order valence-corrected chi connectivity index (χ1v) is 11.7. The molecule has 1 spiro atoms. The van der Waals surface area contributed by atoms with Gasteiger partial charge in [0.05, 0.1) is 11.3 Å². The zero-order chi connectivity index (χ0) is 28.3. The van der Waals surface area contributed by atoms with Crippen molar-refractivity contribution in [2.24, 2.45) is 0 Å². The number of nitrogens with zero attached hydrogens (tertiary/aromatic N) is 2. The zero-order valence-corrected chi connectivity index (χ0v) is 20.7. The number of halogens is 6. The standard InChI is InChI=1S/C18H32N4O.2C2HF3O2/c1-19-10-11-22(2)14-16-13-20-21-17(16)15-5-8-18(9-6-15)7-3-4-12-23-18;2*3-2(4,5)1(6)7/h13,15,19H,3-12,14H2,1-2H3,(H,20,21);2*(H,6,7)/t15-,18-;;. The average Bonchev–Trinajstić information content (AvgIpc) is 3.26. The number of nitrogens with one attached hydrogen (secondary N) is 2. The van der Waals surface area contributed by atoms with Gasteiger partial charge in [0.25, 0.3) is 0 Å². The van der Waals surface area contributed by atoms with Crippen molar-refractivity contribution in [3.8, 4) is 0 Å². The third-order valence-corrected chi connectivity index (χ3v) is 6.14. The number of hydrogen-bond acceptors (Lipinski definition) is 6. The Morgan fingerprint density at radius 1 is 1.11 bits per heavy atom. The summed E-state index contributed by atoms with van der Waals surface area (Å²) in [4.78, 5) is 20.2. The van der Waals surface area contributed by atoms with E-state index in [0.29, 0.717) is 5.92 Å². The van der Waals surface area contributed by atoms with E-state index in [4.69, 9.17) is 24.5 Å². The second-order valence-electron chi connectivity index (χ2n) is 9.01. The molecule has 37 heavy (non-hydrogen) atoms. The summed E-state index contributed by atoms with van der Waals surface area (Å²) in [7, 11) is 4.18. The molecule has 0 amide bonds. The van der Waals surface area contributed by atoms with Crippen LogP contribution < -0.4 is 5.32 Å². The van der Waals surface area contributed by atoms with Crippen LogP contribution in [-0.2, 0) is 20.9 Å². The largest absolute Gasteiger partial charge is 0.490 e. The van der Waals surface area contributed by atoms with Crippen molar-refractivity contribution < 1.29 is 50.9 Å². The maximum atomic E-state index is 10.6. The van der Waals surface area contributed by atoms with Crippen molar-refractivity contribution in [3.05, 3.63) is 17.5 Å². The summed E-state index contributed by atoms with van der Waals surface area (Å²) < 4.78 is 69.6. The highest BCUT2D eigenvalue weighted by atomic mass is 19.4. The molecule has 1 saturated carbocycles. The van der Waals surface area contributed by atoms with Crippen LogP contribution in [0.3, 0.4) is 0 Å². The van der Waals surface area contributed by atoms with Crippen LogP contribution in [0.4, 0.5) is 26.3 Å². The number of aliphatic carboxylic acids is 2. The molecular weight excluding hydrogens is 514 g/mol. The normalized spacial score (nSPS) is 22.0. The van der Waals surface area contributed by atoms with E-state index in [1.807, 2.05) is 7.05 Å². The molecule has 3 rings (SSSR count). The van der Waals surface area contributed by atoms with Crippen LogP contribution in [0.1, 0.15) is 62.1 Å². The Morgan fingerprint density at radius 3 is 2.08 bits per heavy atom. The van der Waals surface area contributed by atoms with E-state index >= 15 is 0 Å². The highest BCUT2D eigenvalue weighted by molar-refractivity contribution is 5.73. The van der Waals surface area contributed by atoms with E-state index in [1.54, 1.807) is 0 Å². The molecule has 9 nitrogen and oxygen atoms in total. The second kappa shape index (κ2) is 14.5. The molecule has 0 unspecified atom stereocenters. The van der Waals surface area contributed by atoms with Crippen LogP contribution in [0.5, 0.6) is 0 Å². The van der Waals surface area contributed by atoms with Crippen molar-refractivity contribution in [2.45, 2.75) is 75.4 Å². The quantitative estimate of drug-likeness (QED) is 0.394. The summed E-state index contributed by atoms with van der Waals surface area (Å²) in [5.74, 6) is -4.91. The van der Waals surface area contributed by atoms with E-state index in [9.17, 15) is 26.3 Å². The monoisotopic (exact) mass is 548 g/mol. The van der Waals surface area contributed by atoms with Gasteiger partial charge in [0, 0.05) is 43.9 Å². The molecule has 1 aliphatic carbocycles. The zero-order valence-electron chi connectivity index (χ0n) is 20.7. The molecule has 1 saturated heterocycles. The van der Waals surface area contributed by atoms with Crippen molar-refractivity contribution in [1.29, 1.82) is 0 Å². The number of aromatic nitrogens is 2. The van der Waals surface area contributed by atoms with Gasteiger partial charge in [0.2, 0.25) is 0 Å². The number of aromatic amines is 1. The van der Waals surface area contributed by atoms with Gasteiger partial charge in [0.15, 0.2) is 0 Å². The lowest BCUT2D eigenvalue weighted by Crippen LogP contribution is -2.39. The summed E-state index contributed by atoms with van der Waals surface area (Å²) in [6.45, 7) is 4.02. The fraction of sp³-hybridized carbons (Fsp3) is 0.773. The highest BCUT2D eigenvalue weighted by Gasteiger charge is 2.40. The number of carboxylic acids is 2. The van der Waals surface area contributed by atoms with Gasteiger partial charge in [-0.1, -0.05) is 0 Å². The molecule has 0 atom stereocenters.